The average molecular weight is 409 g/mol. The number of carbonyl (C=O) groups is 3. The Hall–Kier alpha value is -3.48. The van der Waals surface area contributed by atoms with Crippen molar-refractivity contribution in [2.24, 2.45) is 0 Å². The summed E-state index contributed by atoms with van der Waals surface area (Å²) in [6.07, 6.45) is -2.99. The lowest BCUT2D eigenvalue weighted by molar-refractivity contribution is -0.166. The third-order valence-corrected chi connectivity index (χ3v) is 4.07. The van der Waals surface area contributed by atoms with Gasteiger partial charge in [0.2, 0.25) is 5.95 Å². The smallest absolute Gasteiger partial charge is 0.303 e. The minimum absolute atomic E-state index is 0.0168. The molecule has 13 nitrogen and oxygen atoms in total. The molecule has 1 aliphatic rings. The van der Waals surface area contributed by atoms with Crippen molar-refractivity contribution in [3.05, 3.63) is 16.7 Å². The largest absolute Gasteiger partial charge is 0.463 e. The molecule has 156 valence electrons. The molecule has 2 aromatic rings. The van der Waals surface area contributed by atoms with Gasteiger partial charge in [0, 0.05) is 20.8 Å². The van der Waals surface area contributed by atoms with E-state index in [1.54, 1.807) is 0 Å². The van der Waals surface area contributed by atoms with Gasteiger partial charge in [0.1, 0.15) is 12.7 Å². The van der Waals surface area contributed by atoms with Gasteiger partial charge in [-0.3, -0.25) is 28.7 Å². The summed E-state index contributed by atoms with van der Waals surface area (Å²) in [6.45, 7) is 3.30. The lowest BCUT2D eigenvalue weighted by Gasteiger charge is -2.23. The Labute approximate surface area is 163 Å². The highest BCUT2D eigenvalue weighted by Gasteiger charge is 2.51. The van der Waals surface area contributed by atoms with Crippen molar-refractivity contribution in [3.8, 4) is 0 Å². The van der Waals surface area contributed by atoms with E-state index in [1.165, 1.54) is 31.7 Å². The average Bonchev–Trinajstić information content (AvgIpc) is 3.15. The maximum Gasteiger partial charge on any atom is 0.303 e. The van der Waals surface area contributed by atoms with Gasteiger partial charge in [-0.15, -0.1) is 0 Å². The number of aromatic nitrogens is 4. The van der Waals surface area contributed by atoms with Gasteiger partial charge < -0.3 is 24.7 Å². The number of rotatable bonds is 5. The van der Waals surface area contributed by atoms with Crippen LogP contribution < -0.4 is 11.3 Å². The zero-order valence-corrected chi connectivity index (χ0v) is 15.8. The highest BCUT2D eigenvalue weighted by Crippen LogP contribution is 2.35. The monoisotopic (exact) mass is 409 g/mol. The molecule has 3 N–H and O–H groups in total. The van der Waals surface area contributed by atoms with E-state index >= 15 is 0 Å². The van der Waals surface area contributed by atoms with Crippen molar-refractivity contribution in [2.75, 3.05) is 12.3 Å². The van der Waals surface area contributed by atoms with Crippen LogP contribution in [0, 0.1) is 0 Å². The molecule has 1 aliphatic heterocycles. The summed E-state index contributed by atoms with van der Waals surface area (Å²) in [7, 11) is 0. The van der Waals surface area contributed by atoms with Crippen molar-refractivity contribution in [1.29, 1.82) is 0 Å². The zero-order valence-electron chi connectivity index (χ0n) is 15.8. The first-order chi connectivity index (χ1) is 13.7. The Morgan fingerprint density at radius 2 is 1.83 bits per heavy atom. The van der Waals surface area contributed by atoms with E-state index in [4.69, 9.17) is 24.7 Å². The molecule has 0 amide bonds. The predicted molar refractivity (Wildman–Crippen MR) is 94.2 cm³/mol. The number of fused-ring (bicyclic) bond motifs is 1. The molecule has 3 heterocycles. The Bertz CT molecular complexity index is 1010. The fraction of sp³-hybridized carbons (Fsp3) is 0.500. The summed E-state index contributed by atoms with van der Waals surface area (Å²) in [5, 5.41) is 0. The summed E-state index contributed by atoms with van der Waals surface area (Å²) >= 11 is 0. The first kappa shape index (κ1) is 20.3. The van der Waals surface area contributed by atoms with Crippen LogP contribution in [-0.2, 0) is 33.3 Å². The second-order valence-corrected chi connectivity index (χ2v) is 6.29. The first-order valence-electron chi connectivity index (χ1n) is 8.53. The van der Waals surface area contributed by atoms with Gasteiger partial charge in [0.25, 0.3) is 5.56 Å². The molecule has 1 fully saturated rings. The minimum Gasteiger partial charge on any atom is -0.463 e. The lowest BCUT2D eigenvalue weighted by Crippen LogP contribution is -2.40. The van der Waals surface area contributed by atoms with E-state index in [-0.39, 0.29) is 23.7 Å². The van der Waals surface area contributed by atoms with Crippen LogP contribution in [0.5, 0.6) is 0 Å². The maximum absolute atomic E-state index is 12.0. The Kier molecular flexibility index (Phi) is 5.50. The highest BCUT2D eigenvalue weighted by molar-refractivity contribution is 5.71. The van der Waals surface area contributed by atoms with Crippen LogP contribution in [0.4, 0.5) is 5.95 Å². The molecule has 3 rings (SSSR count). The Morgan fingerprint density at radius 3 is 2.45 bits per heavy atom. The number of H-pyrrole nitrogens is 1. The predicted octanol–water partition coefficient (Wildman–Crippen LogP) is -0.974. The van der Waals surface area contributed by atoms with Crippen molar-refractivity contribution in [2.45, 2.75) is 45.3 Å². The summed E-state index contributed by atoms with van der Waals surface area (Å²) in [5.74, 6) is -2.04. The summed E-state index contributed by atoms with van der Waals surface area (Å²) in [5.41, 5.74) is 5.09. The maximum atomic E-state index is 12.0. The van der Waals surface area contributed by atoms with E-state index in [9.17, 15) is 19.2 Å². The second kappa shape index (κ2) is 7.87. The topological polar surface area (TPSA) is 178 Å². The highest BCUT2D eigenvalue weighted by atomic mass is 16.7. The molecule has 4 atom stereocenters. The number of imidazole rings is 1. The number of nitrogens with one attached hydrogen (secondary N) is 1. The third-order valence-electron chi connectivity index (χ3n) is 4.07. The molecular formula is C16H19N5O8. The van der Waals surface area contributed by atoms with Crippen LogP contribution in [0.25, 0.3) is 11.2 Å². The summed E-state index contributed by atoms with van der Waals surface area (Å²) in [6, 6.07) is 0. The summed E-state index contributed by atoms with van der Waals surface area (Å²) in [4.78, 5) is 56.9. The molecule has 0 aliphatic carbocycles. The molecule has 13 heteroatoms. The van der Waals surface area contributed by atoms with Gasteiger partial charge in [0.05, 0.1) is 6.33 Å². The number of nitrogen functional groups attached to an aromatic ring is 1. The number of nitrogens with zero attached hydrogens (tertiary/aromatic N) is 3. The normalized spacial score (nSPS) is 23.7. The minimum atomic E-state index is -1.13. The molecule has 0 bridgehead atoms. The number of carbonyl (C=O) groups excluding carboxylic acids is 3. The number of ether oxygens (including phenoxy) is 4. The number of hydrogen-bond donors (Lipinski definition) is 2. The van der Waals surface area contributed by atoms with Crippen LogP contribution in [0.15, 0.2) is 11.1 Å². The third kappa shape index (κ3) is 4.18. The Balaban J connectivity index is 2.05. The van der Waals surface area contributed by atoms with Gasteiger partial charge in [0.15, 0.2) is 29.6 Å². The first-order valence-corrected chi connectivity index (χ1v) is 8.53. The molecule has 29 heavy (non-hydrogen) atoms. The van der Waals surface area contributed by atoms with E-state index in [2.05, 4.69) is 15.0 Å². The fourth-order valence-corrected chi connectivity index (χ4v) is 3.05. The fourth-order valence-electron chi connectivity index (χ4n) is 3.05. The van der Waals surface area contributed by atoms with E-state index in [0.717, 1.165) is 0 Å². The van der Waals surface area contributed by atoms with Crippen molar-refractivity contribution in [1.82, 2.24) is 19.5 Å². The number of hydrogen-bond acceptors (Lipinski definition) is 11. The zero-order chi connectivity index (χ0) is 21.3. The van der Waals surface area contributed by atoms with Crippen LogP contribution in [0.3, 0.4) is 0 Å². The molecule has 2 aromatic heterocycles. The van der Waals surface area contributed by atoms with E-state index in [0.29, 0.717) is 0 Å². The van der Waals surface area contributed by atoms with E-state index < -0.39 is 48.0 Å². The van der Waals surface area contributed by atoms with Gasteiger partial charge in [-0.25, -0.2) is 4.98 Å². The van der Waals surface area contributed by atoms with Crippen molar-refractivity contribution >= 4 is 35.0 Å². The summed E-state index contributed by atoms with van der Waals surface area (Å²) < 4.78 is 22.8. The quantitative estimate of drug-likeness (QED) is 0.458. The van der Waals surface area contributed by atoms with Crippen LogP contribution in [0.2, 0.25) is 0 Å². The molecular weight excluding hydrogens is 390 g/mol. The molecule has 0 aromatic carbocycles. The van der Waals surface area contributed by atoms with Crippen molar-refractivity contribution < 1.29 is 33.3 Å². The van der Waals surface area contributed by atoms with Gasteiger partial charge >= 0.3 is 17.9 Å². The lowest BCUT2D eigenvalue weighted by atomic mass is 10.1. The van der Waals surface area contributed by atoms with Crippen LogP contribution >= 0.6 is 0 Å². The molecule has 1 saturated heterocycles. The molecule has 0 saturated carbocycles. The van der Waals surface area contributed by atoms with Gasteiger partial charge in [-0.2, -0.15) is 4.98 Å². The number of anilines is 1. The number of aromatic amines is 1. The molecule has 0 radical (unpaired) electrons. The standard InChI is InChI=1S/C16H19N5O8/c1-6(22)26-4-9-11(27-7(2)23)12(28-8(3)24)15(29-9)21-5-18-10-13(21)19-16(17)20-14(10)25/h5,9,11-12,15H,4H2,1-3H3,(H3,17,19,20,25)/t9?,11?,12-,15?/m1/s1. The van der Waals surface area contributed by atoms with Gasteiger partial charge in [-0.1, -0.05) is 0 Å². The number of esters is 3. The van der Waals surface area contributed by atoms with Gasteiger partial charge in [-0.05, 0) is 0 Å². The van der Waals surface area contributed by atoms with Crippen LogP contribution in [0.1, 0.15) is 27.0 Å². The molecule has 0 spiro atoms. The molecule has 3 unspecified atom stereocenters. The van der Waals surface area contributed by atoms with E-state index in [1.807, 2.05) is 0 Å². The van der Waals surface area contributed by atoms with Crippen LogP contribution in [-0.4, -0.2) is 62.3 Å². The second-order valence-electron chi connectivity index (χ2n) is 6.29. The SMILES string of the molecule is CC(=O)OCC1OC(n2cnc3c(=O)[nH]c(N)nc32)[C@H](OC(C)=O)C1OC(C)=O. The Morgan fingerprint density at radius 1 is 1.17 bits per heavy atom. The van der Waals surface area contributed by atoms with Crippen molar-refractivity contribution in [3.63, 3.8) is 0 Å². The number of nitrogens with two attached hydrogens (primary N) is 1.